The summed E-state index contributed by atoms with van der Waals surface area (Å²) in [5.74, 6) is 0.682. The number of carbonyl (C=O) groups excluding carboxylic acids is 1. The van der Waals surface area contributed by atoms with E-state index >= 15 is 0 Å². The first kappa shape index (κ1) is 19.2. The molecular formula is C18H16F3NO4S. The van der Waals surface area contributed by atoms with Crippen molar-refractivity contribution in [2.75, 3.05) is 18.5 Å². The Morgan fingerprint density at radius 2 is 1.78 bits per heavy atom. The van der Waals surface area contributed by atoms with Gasteiger partial charge in [0.1, 0.15) is 19.0 Å². The third kappa shape index (κ3) is 5.46. The van der Waals surface area contributed by atoms with Crippen LogP contribution in [-0.2, 0) is 4.79 Å². The normalized spacial score (nSPS) is 14.4. The monoisotopic (exact) mass is 399 g/mol. The van der Waals surface area contributed by atoms with Crippen LogP contribution in [0.2, 0.25) is 0 Å². The molecule has 1 N–H and O–H groups in total. The highest BCUT2D eigenvalue weighted by Gasteiger charge is 2.31. The summed E-state index contributed by atoms with van der Waals surface area (Å²) in [6, 6.07) is 10.4. The number of fused-ring (bicyclic) bond motifs is 1. The second kappa shape index (κ2) is 7.99. The van der Waals surface area contributed by atoms with Gasteiger partial charge in [0.15, 0.2) is 11.5 Å². The summed E-state index contributed by atoms with van der Waals surface area (Å²) < 4.78 is 51.2. The van der Waals surface area contributed by atoms with Crippen molar-refractivity contribution in [2.45, 2.75) is 23.4 Å². The van der Waals surface area contributed by atoms with Crippen molar-refractivity contribution in [3.63, 3.8) is 0 Å². The number of ether oxygens (including phenoxy) is 3. The van der Waals surface area contributed by atoms with E-state index in [4.69, 9.17) is 9.47 Å². The SMILES string of the molecule is CC(Sc1ccc2c(c1)OCCO2)C(=O)Nc1ccc(OC(F)(F)F)cc1. The number of thioether (sulfide) groups is 1. The molecule has 0 saturated heterocycles. The van der Waals surface area contributed by atoms with Crippen LogP contribution in [0.4, 0.5) is 18.9 Å². The molecule has 1 amide bonds. The molecule has 27 heavy (non-hydrogen) atoms. The number of halogens is 3. The smallest absolute Gasteiger partial charge is 0.486 e. The van der Waals surface area contributed by atoms with Gasteiger partial charge < -0.3 is 19.5 Å². The van der Waals surface area contributed by atoms with Crippen molar-refractivity contribution in [1.29, 1.82) is 0 Å². The Kier molecular flexibility index (Phi) is 5.69. The van der Waals surface area contributed by atoms with Gasteiger partial charge in [0, 0.05) is 10.6 Å². The lowest BCUT2D eigenvalue weighted by atomic mass is 10.3. The summed E-state index contributed by atoms with van der Waals surface area (Å²) in [6.45, 7) is 2.72. The molecule has 1 unspecified atom stereocenters. The first-order valence-corrected chi connectivity index (χ1v) is 8.91. The fourth-order valence-corrected chi connectivity index (χ4v) is 3.23. The maximum atomic E-state index is 12.3. The van der Waals surface area contributed by atoms with E-state index in [2.05, 4.69) is 10.1 Å². The Bertz CT molecular complexity index is 811. The molecule has 0 fully saturated rings. The third-order valence-corrected chi connectivity index (χ3v) is 4.64. The largest absolute Gasteiger partial charge is 0.573 e. The van der Waals surface area contributed by atoms with Gasteiger partial charge in [0.25, 0.3) is 0 Å². The number of hydrogen-bond acceptors (Lipinski definition) is 5. The Balaban J connectivity index is 1.57. The Morgan fingerprint density at radius 3 is 2.44 bits per heavy atom. The van der Waals surface area contributed by atoms with Crippen LogP contribution in [0.25, 0.3) is 0 Å². The molecule has 3 rings (SSSR count). The van der Waals surface area contributed by atoms with Gasteiger partial charge >= 0.3 is 6.36 Å². The van der Waals surface area contributed by atoms with Crippen LogP contribution < -0.4 is 19.5 Å². The van der Waals surface area contributed by atoms with Crippen LogP contribution in [0.1, 0.15) is 6.92 Å². The van der Waals surface area contributed by atoms with Crippen LogP contribution in [0.5, 0.6) is 17.2 Å². The van der Waals surface area contributed by atoms with Crippen LogP contribution >= 0.6 is 11.8 Å². The van der Waals surface area contributed by atoms with Crippen molar-refractivity contribution in [3.8, 4) is 17.2 Å². The zero-order valence-electron chi connectivity index (χ0n) is 14.2. The van der Waals surface area contributed by atoms with Crippen molar-refractivity contribution >= 4 is 23.4 Å². The van der Waals surface area contributed by atoms with Gasteiger partial charge in [-0.1, -0.05) is 0 Å². The van der Waals surface area contributed by atoms with Gasteiger partial charge in [0.2, 0.25) is 5.91 Å². The van der Waals surface area contributed by atoms with E-state index in [9.17, 15) is 18.0 Å². The zero-order chi connectivity index (χ0) is 19.4. The summed E-state index contributed by atoms with van der Waals surface area (Å²) in [4.78, 5) is 13.2. The first-order valence-electron chi connectivity index (χ1n) is 8.03. The highest BCUT2D eigenvalue weighted by atomic mass is 32.2. The number of benzene rings is 2. The lowest BCUT2D eigenvalue weighted by Crippen LogP contribution is -2.22. The first-order chi connectivity index (χ1) is 12.8. The van der Waals surface area contributed by atoms with Crippen molar-refractivity contribution in [1.82, 2.24) is 0 Å². The fourth-order valence-electron chi connectivity index (χ4n) is 2.34. The maximum absolute atomic E-state index is 12.3. The average Bonchev–Trinajstić information content (AvgIpc) is 2.62. The predicted octanol–water partition coefficient (Wildman–Crippen LogP) is 4.48. The standard InChI is InChI=1S/C18H16F3NO4S/c1-11(27-14-6-7-15-16(10-14)25-9-8-24-15)17(23)22-12-2-4-13(5-3-12)26-18(19,20)21/h2-7,10-11H,8-9H2,1H3,(H,22,23). The highest BCUT2D eigenvalue weighted by molar-refractivity contribution is 8.00. The van der Waals surface area contributed by atoms with Gasteiger partial charge in [-0.15, -0.1) is 24.9 Å². The number of carbonyl (C=O) groups is 1. The highest BCUT2D eigenvalue weighted by Crippen LogP contribution is 2.35. The molecule has 0 spiro atoms. The summed E-state index contributed by atoms with van der Waals surface area (Å²) in [5.41, 5.74) is 0.379. The van der Waals surface area contributed by atoms with E-state index in [1.165, 1.54) is 23.9 Å². The molecule has 0 saturated carbocycles. The minimum atomic E-state index is -4.75. The molecule has 0 bridgehead atoms. The predicted molar refractivity (Wildman–Crippen MR) is 94.5 cm³/mol. The Morgan fingerprint density at radius 1 is 1.11 bits per heavy atom. The lowest BCUT2D eigenvalue weighted by molar-refractivity contribution is -0.274. The number of anilines is 1. The van der Waals surface area contributed by atoms with Crippen molar-refractivity contribution < 1.29 is 32.2 Å². The minimum Gasteiger partial charge on any atom is -0.486 e. The Labute approximate surface area is 157 Å². The summed E-state index contributed by atoms with van der Waals surface area (Å²) in [6.07, 6.45) is -4.75. The van der Waals surface area contributed by atoms with E-state index in [1.807, 2.05) is 12.1 Å². The molecule has 1 aliphatic rings. The molecule has 5 nitrogen and oxygen atoms in total. The number of hydrogen-bond donors (Lipinski definition) is 1. The van der Waals surface area contributed by atoms with Gasteiger partial charge in [-0.05, 0) is 49.4 Å². The van der Waals surface area contributed by atoms with Crippen LogP contribution in [-0.4, -0.2) is 30.7 Å². The van der Waals surface area contributed by atoms with Gasteiger partial charge in [-0.25, -0.2) is 0 Å². The summed E-state index contributed by atoms with van der Waals surface area (Å²) >= 11 is 1.33. The molecule has 1 heterocycles. The second-order valence-electron chi connectivity index (χ2n) is 5.63. The van der Waals surface area contributed by atoms with E-state index in [0.29, 0.717) is 30.4 Å². The molecule has 0 aliphatic carbocycles. The van der Waals surface area contributed by atoms with Crippen LogP contribution in [0, 0.1) is 0 Å². The number of amides is 1. The molecule has 2 aromatic rings. The van der Waals surface area contributed by atoms with Crippen LogP contribution in [0.3, 0.4) is 0 Å². The van der Waals surface area contributed by atoms with E-state index < -0.39 is 11.6 Å². The maximum Gasteiger partial charge on any atom is 0.573 e. The second-order valence-corrected chi connectivity index (χ2v) is 7.04. The van der Waals surface area contributed by atoms with Gasteiger partial charge in [-0.3, -0.25) is 4.79 Å². The summed E-state index contributed by atoms with van der Waals surface area (Å²) in [5, 5.41) is 2.23. The molecule has 2 aromatic carbocycles. The molecular weight excluding hydrogens is 383 g/mol. The van der Waals surface area contributed by atoms with Gasteiger partial charge in [-0.2, -0.15) is 0 Å². The number of rotatable bonds is 5. The van der Waals surface area contributed by atoms with Crippen molar-refractivity contribution in [2.24, 2.45) is 0 Å². The van der Waals surface area contributed by atoms with Crippen LogP contribution in [0.15, 0.2) is 47.4 Å². The molecule has 0 radical (unpaired) electrons. The lowest BCUT2D eigenvalue weighted by Gasteiger charge is -2.19. The fraction of sp³-hybridized carbons (Fsp3) is 0.278. The molecule has 144 valence electrons. The Hall–Kier alpha value is -2.55. The molecule has 1 atom stereocenters. The quantitative estimate of drug-likeness (QED) is 0.752. The third-order valence-electron chi connectivity index (χ3n) is 3.55. The van der Waals surface area contributed by atoms with Crippen molar-refractivity contribution in [3.05, 3.63) is 42.5 Å². The van der Waals surface area contributed by atoms with E-state index in [1.54, 1.807) is 13.0 Å². The molecule has 1 aliphatic heterocycles. The van der Waals surface area contributed by atoms with Gasteiger partial charge in [0.05, 0.1) is 5.25 Å². The van der Waals surface area contributed by atoms with E-state index in [0.717, 1.165) is 17.0 Å². The minimum absolute atomic E-state index is 0.278. The number of nitrogens with one attached hydrogen (secondary N) is 1. The van der Waals surface area contributed by atoms with E-state index in [-0.39, 0.29) is 11.7 Å². The average molecular weight is 399 g/mol. The molecule has 9 heteroatoms. The zero-order valence-corrected chi connectivity index (χ0v) is 15.0. The topological polar surface area (TPSA) is 56.8 Å². The number of alkyl halides is 3. The molecule has 0 aromatic heterocycles. The summed E-state index contributed by atoms with van der Waals surface area (Å²) in [7, 11) is 0.